The van der Waals surface area contributed by atoms with Gasteiger partial charge in [-0.1, -0.05) is 28.1 Å². The number of rotatable bonds is 10. The Morgan fingerprint density at radius 1 is 0.788 bits per heavy atom. The molecule has 33 heavy (non-hydrogen) atoms. The third-order valence-corrected chi connectivity index (χ3v) is 7.17. The second kappa shape index (κ2) is 10.9. The van der Waals surface area contributed by atoms with Crippen LogP contribution in [0, 0.1) is 0 Å². The first-order valence-corrected chi connectivity index (χ1v) is 12.1. The fraction of sp³-hybridized carbons (Fsp3) is 0.261. The van der Waals surface area contributed by atoms with Crippen LogP contribution in [0.2, 0.25) is 0 Å². The maximum atomic E-state index is 13.7. The Balaban J connectivity index is 2.07. The lowest BCUT2D eigenvalue weighted by Crippen LogP contribution is -2.31. The average Bonchev–Trinajstić information content (AvgIpc) is 2.83. The fourth-order valence-electron chi connectivity index (χ4n) is 3.23. The Kier molecular flexibility index (Phi) is 8.17. The molecule has 176 valence electrons. The van der Waals surface area contributed by atoms with Crippen LogP contribution >= 0.6 is 15.9 Å². The van der Waals surface area contributed by atoms with Crippen LogP contribution in [0.15, 0.2) is 64.2 Å². The first-order chi connectivity index (χ1) is 15.8. The number of sulfonamides is 1. The van der Waals surface area contributed by atoms with Gasteiger partial charge in [0.25, 0.3) is 10.0 Å². The minimum atomic E-state index is -3.98. The van der Waals surface area contributed by atoms with Gasteiger partial charge in [-0.05, 0) is 24.3 Å². The maximum Gasteiger partial charge on any atom is 0.261 e. The zero-order valence-electron chi connectivity index (χ0n) is 18.7. The second-order valence-corrected chi connectivity index (χ2v) is 9.74. The van der Waals surface area contributed by atoms with Crippen LogP contribution in [0.25, 0.3) is 0 Å². The van der Waals surface area contributed by atoms with Crippen molar-refractivity contribution in [3.63, 3.8) is 0 Å². The van der Waals surface area contributed by atoms with E-state index >= 15 is 0 Å². The molecule has 0 atom stereocenters. The Morgan fingerprint density at radius 2 is 1.30 bits per heavy atom. The molecule has 0 aliphatic carbocycles. The SMILES string of the molecule is COc1ccc(CN(Cc2ccc(OC)cc2OC)S(=O)(=O)c2cc(Br)ccn2)c(OC)c1. The summed E-state index contributed by atoms with van der Waals surface area (Å²) in [4.78, 5) is 4.09. The molecule has 0 saturated carbocycles. The van der Waals surface area contributed by atoms with Gasteiger partial charge in [0.2, 0.25) is 0 Å². The number of hydrogen-bond donors (Lipinski definition) is 0. The maximum absolute atomic E-state index is 13.7. The highest BCUT2D eigenvalue weighted by Gasteiger charge is 2.28. The Bertz CT molecular complexity index is 1160. The van der Waals surface area contributed by atoms with Gasteiger partial charge >= 0.3 is 0 Å². The van der Waals surface area contributed by atoms with Gasteiger partial charge in [-0.2, -0.15) is 4.31 Å². The lowest BCUT2D eigenvalue weighted by atomic mass is 10.1. The standard InChI is InChI=1S/C23H25BrN2O6S/c1-29-19-7-5-16(21(12-19)31-3)14-26(33(27,28)23-11-18(24)9-10-25-23)15-17-6-8-20(30-2)13-22(17)32-4/h5-13H,14-15H2,1-4H3. The van der Waals surface area contributed by atoms with Gasteiger partial charge in [-0.15, -0.1) is 0 Å². The van der Waals surface area contributed by atoms with Gasteiger partial charge in [0.15, 0.2) is 5.03 Å². The molecule has 3 aromatic rings. The molecule has 1 heterocycles. The van der Waals surface area contributed by atoms with E-state index in [0.717, 1.165) is 0 Å². The summed E-state index contributed by atoms with van der Waals surface area (Å²) in [5.41, 5.74) is 1.34. The molecule has 10 heteroatoms. The lowest BCUT2D eigenvalue weighted by molar-refractivity contribution is 0.357. The van der Waals surface area contributed by atoms with Crippen LogP contribution in [0.1, 0.15) is 11.1 Å². The quantitative estimate of drug-likeness (QED) is 0.382. The Labute approximate surface area is 202 Å². The van der Waals surface area contributed by atoms with E-state index in [1.165, 1.54) is 30.8 Å². The van der Waals surface area contributed by atoms with E-state index in [1.54, 1.807) is 56.7 Å². The molecule has 0 bridgehead atoms. The van der Waals surface area contributed by atoms with Gasteiger partial charge in [-0.25, -0.2) is 13.4 Å². The first-order valence-electron chi connectivity index (χ1n) is 9.86. The van der Waals surface area contributed by atoms with Gasteiger partial charge in [0.1, 0.15) is 23.0 Å². The molecular weight excluding hydrogens is 512 g/mol. The Hall–Kier alpha value is -2.82. The van der Waals surface area contributed by atoms with E-state index in [0.29, 0.717) is 38.6 Å². The van der Waals surface area contributed by atoms with Gasteiger partial charge in [-0.3, -0.25) is 0 Å². The lowest BCUT2D eigenvalue weighted by Gasteiger charge is -2.24. The number of aromatic nitrogens is 1. The zero-order valence-corrected chi connectivity index (χ0v) is 21.1. The summed E-state index contributed by atoms with van der Waals surface area (Å²) in [6.45, 7) is 0.0811. The molecule has 8 nitrogen and oxygen atoms in total. The summed E-state index contributed by atoms with van der Waals surface area (Å²) in [6, 6.07) is 13.6. The largest absolute Gasteiger partial charge is 0.497 e. The third-order valence-electron chi connectivity index (χ3n) is 4.98. The molecule has 0 N–H and O–H groups in total. The molecule has 0 aliphatic heterocycles. The third kappa shape index (κ3) is 5.76. The van der Waals surface area contributed by atoms with Crippen molar-refractivity contribution in [1.29, 1.82) is 0 Å². The molecule has 2 aromatic carbocycles. The summed E-state index contributed by atoms with van der Waals surface area (Å²) in [5.74, 6) is 2.24. The van der Waals surface area contributed by atoms with E-state index in [4.69, 9.17) is 18.9 Å². The van der Waals surface area contributed by atoms with Crippen molar-refractivity contribution in [2.24, 2.45) is 0 Å². The van der Waals surface area contributed by atoms with Gasteiger partial charge < -0.3 is 18.9 Å². The highest BCUT2D eigenvalue weighted by molar-refractivity contribution is 9.10. The van der Waals surface area contributed by atoms with Crippen molar-refractivity contribution in [2.75, 3.05) is 28.4 Å². The van der Waals surface area contributed by atoms with Crippen LogP contribution in [-0.2, 0) is 23.1 Å². The molecule has 0 aliphatic rings. The molecule has 0 unspecified atom stereocenters. The number of hydrogen-bond acceptors (Lipinski definition) is 7. The molecular formula is C23H25BrN2O6S. The van der Waals surface area contributed by atoms with Crippen molar-refractivity contribution >= 4 is 26.0 Å². The minimum Gasteiger partial charge on any atom is -0.497 e. The Morgan fingerprint density at radius 3 is 1.73 bits per heavy atom. The highest BCUT2D eigenvalue weighted by atomic mass is 79.9. The van der Waals surface area contributed by atoms with E-state index in [2.05, 4.69) is 20.9 Å². The van der Waals surface area contributed by atoms with Crippen molar-refractivity contribution < 1.29 is 27.4 Å². The molecule has 3 rings (SSSR count). The summed E-state index contributed by atoms with van der Waals surface area (Å²) in [5, 5.41) is -0.0724. The molecule has 0 fully saturated rings. The number of halogens is 1. The van der Waals surface area contributed by atoms with Crippen molar-refractivity contribution in [3.8, 4) is 23.0 Å². The predicted molar refractivity (Wildman–Crippen MR) is 127 cm³/mol. The average molecular weight is 537 g/mol. The van der Waals surface area contributed by atoms with Gasteiger partial charge in [0.05, 0.1) is 28.4 Å². The van der Waals surface area contributed by atoms with Crippen molar-refractivity contribution in [1.82, 2.24) is 9.29 Å². The molecule has 0 saturated heterocycles. The number of benzene rings is 2. The molecule has 0 radical (unpaired) electrons. The normalized spacial score (nSPS) is 11.3. The summed E-state index contributed by atoms with van der Waals surface area (Å²) in [6.07, 6.45) is 1.44. The molecule has 1 aromatic heterocycles. The van der Waals surface area contributed by atoms with E-state index < -0.39 is 10.0 Å². The molecule has 0 spiro atoms. The summed E-state index contributed by atoms with van der Waals surface area (Å²) < 4.78 is 50.7. The monoisotopic (exact) mass is 536 g/mol. The first kappa shape index (κ1) is 24.8. The van der Waals surface area contributed by atoms with E-state index in [-0.39, 0.29) is 18.1 Å². The predicted octanol–water partition coefficient (Wildman–Crippen LogP) is 4.27. The number of nitrogens with zero attached hydrogens (tertiary/aromatic N) is 2. The number of pyridine rings is 1. The van der Waals surface area contributed by atoms with Crippen molar-refractivity contribution in [3.05, 3.63) is 70.3 Å². The minimum absolute atomic E-state index is 0.0406. The van der Waals surface area contributed by atoms with Crippen LogP contribution in [0.3, 0.4) is 0 Å². The van der Waals surface area contributed by atoms with E-state index in [9.17, 15) is 8.42 Å². The topological polar surface area (TPSA) is 87.2 Å². The van der Waals surface area contributed by atoms with Crippen LogP contribution in [-0.4, -0.2) is 46.1 Å². The smallest absolute Gasteiger partial charge is 0.261 e. The highest BCUT2D eigenvalue weighted by Crippen LogP contribution is 2.31. The molecule has 0 amide bonds. The summed E-state index contributed by atoms with van der Waals surface area (Å²) in [7, 11) is 2.18. The second-order valence-electron chi connectivity index (χ2n) is 6.94. The van der Waals surface area contributed by atoms with Crippen LogP contribution < -0.4 is 18.9 Å². The van der Waals surface area contributed by atoms with Crippen molar-refractivity contribution in [2.45, 2.75) is 18.1 Å². The number of methoxy groups -OCH3 is 4. The van der Waals surface area contributed by atoms with Gasteiger partial charge in [0, 0.05) is 47.0 Å². The number of ether oxygens (including phenoxy) is 4. The zero-order chi connectivity index (χ0) is 24.0. The fourth-order valence-corrected chi connectivity index (χ4v) is 5.07. The van der Waals surface area contributed by atoms with Crippen LogP contribution in [0.5, 0.6) is 23.0 Å². The van der Waals surface area contributed by atoms with E-state index in [1.807, 2.05) is 0 Å². The summed E-state index contributed by atoms with van der Waals surface area (Å²) >= 11 is 3.32. The van der Waals surface area contributed by atoms with Crippen LogP contribution in [0.4, 0.5) is 0 Å².